The molecule has 2 aliphatic rings. The maximum Gasteiger partial charge on any atom is 0.197 e. The van der Waals surface area contributed by atoms with E-state index in [1.807, 2.05) is 14.2 Å². The van der Waals surface area contributed by atoms with Crippen LogP contribution in [-0.4, -0.2) is 26.4 Å². The van der Waals surface area contributed by atoms with E-state index in [0.29, 0.717) is 24.0 Å². The van der Waals surface area contributed by atoms with Crippen molar-refractivity contribution in [3.8, 4) is 0 Å². The van der Waals surface area contributed by atoms with E-state index >= 15 is 0 Å². The number of methoxy groups -OCH3 is 2. The van der Waals surface area contributed by atoms with Crippen molar-refractivity contribution in [3.05, 3.63) is 35.9 Å². The van der Waals surface area contributed by atoms with Crippen molar-refractivity contribution in [2.75, 3.05) is 14.2 Å². The zero-order valence-electron chi connectivity index (χ0n) is 19.8. The molecule has 1 saturated heterocycles. The van der Waals surface area contributed by atoms with Crippen molar-refractivity contribution < 1.29 is 14.2 Å². The van der Waals surface area contributed by atoms with Crippen LogP contribution in [0, 0.1) is 17.8 Å². The first-order valence-electron chi connectivity index (χ1n) is 12.5. The molecule has 3 nitrogen and oxygen atoms in total. The molecule has 0 amide bonds. The Hall–Kier alpha value is -0.900. The monoisotopic (exact) mass is 416 g/mol. The molecular weight excluding hydrogens is 372 g/mol. The van der Waals surface area contributed by atoms with Crippen LogP contribution in [0.3, 0.4) is 0 Å². The lowest BCUT2D eigenvalue weighted by Crippen LogP contribution is -2.41. The van der Waals surface area contributed by atoms with Gasteiger partial charge in [0.25, 0.3) is 0 Å². The zero-order valence-corrected chi connectivity index (χ0v) is 19.8. The van der Waals surface area contributed by atoms with Crippen LogP contribution < -0.4 is 0 Å². The fraction of sp³-hybridized carbons (Fsp3) is 0.778. The van der Waals surface area contributed by atoms with Crippen LogP contribution in [0.1, 0.15) is 90.0 Å². The normalized spacial score (nSPS) is 25.5. The quantitative estimate of drug-likeness (QED) is 0.184. The van der Waals surface area contributed by atoms with Gasteiger partial charge in [-0.15, -0.1) is 0 Å². The summed E-state index contributed by atoms with van der Waals surface area (Å²) in [5.74, 6) is 1.12. The van der Waals surface area contributed by atoms with E-state index in [2.05, 4.69) is 44.2 Å². The Kier molecular flexibility index (Phi) is 9.22. The summed E-state index contributed by atoms with van der Waals surface area (Å²) in [6.07, 6.45) is 15.2. The van der Waals surface area contributed by atoms with Crippen LogP contribution in [0.15, 0.2) is 30.3 Å². The lowest BCUT2D eigenvalue weighted by Gasteiger charge is -2.41. The summed E-state index contributed by atoms with van der Waals surface area (Å²) in [6.45, 7) is 4.73. The Labute approximate surface area is 184 Å². The molecule has 3 heteroatoms. The Bertz CT molecular complexity index is 597. The molecular formula is C27H44O3. The Morgan fingerprint density at radius 1 is 0.967 bits per heavy atom. The summed E-state index contributed by atoms with van der Waals surface area (Å²) in [5.41, 5.74) is 1.15. The predicted molar refractivity (Wildman–Crippen MR) is 123 cm³/mol. The predicted octanol–water partition coefficient (Wildman–Crippen LogP) is 7.09. The third kappa shape index (κ3) is 5.87. The minimum Gasteiger partial charge on any atom is -0.370 e. The van der Waals surface area contributed by atoms with Crippen LogP contribution in [0.25, 0.3) is 0 Å². The van der Waals surface area contributed by atoms with Crippen molar-refractivity contribution in [2.45, 2.75) is 102 Å². The van der Waals surface area contributed by atoms with Crippen molar-refractivity contribution in [2.24, 2.45) is 17.8 Å². The zero-order chi connectivity index (χ0) is 21.4. The van der Waals surface area contributed by atoms with Gasteiger partial charge in [-0.05, 0) is 43.9 Å². The lowest BCUT2D eigenvalue weighted by atomic mass is 9.73. The van der Waals surface area contributed by atoms with E-state index in [1.165, 1.54) is 57.8 Å². The van der Waals surface area contributed by atoms with E-state index in [-0.39, 0.29) is 0 Å². The minimum atomic E-state index is -0.660. The highest BCUT2D eigenvalue weighted by Gasteiger charge is 2.47. The van der Waals surface area contributed by atoms with Gasteiger partial charge in [-0.25, -0.2) is 0 Å². The first kappa shape index (κ1) is 23.8. The van der Waals surface area contributed by atoms with Gasteiger partial charge in [0.2, 0.25) is 0 Å². The third-order valence-electron chi connectivity index (χ3n) is 7.73. The molecule has 1 aliphatic carbocycles. The highest BCUT2D eigenvalue weighted by atomic mass is 16.7. The van der Waals surface area contributed by atoms with Crippen molar-refractivity contribution in [1.29, 1.82) is 0 Å². The molecule has 1 heterocycles. The fourth-order valence-electron chi connectivity index (χ4n) is 5.79. The summed E-state index contributed by atoms with van der Waals surface area (Å²) in [7, 11) is 3.64. The number of benzene rings is 1. The van der Waals surface area contributed by atoms with E-state index in [9.17, 15) is 0 Å². The van der Waals surface area contributed by atoms with Crippen molar-refractivity contribution >= 4 is 0 Å². The maximum absolute atomic E-state index is 6.20. The molecule has 1 saturated carbocycles. The fourth-order valence-corrected chi connectivity index (χ4v) is 5.79. The molecule has 0 radical (unpaired) electrons. The molecule has 0 spiro atoms. The van der Waals surface area contributed by atoms with Crippen molar-refractivity contribution in [3.63, 3.8) is 0 Å². The van der Waals surface area contributed by atoms with Crippen LogP contribution in [0.2, 0.25) is 0 Å². The third-order valence-corrected chi connectivity index (χ3v) is 7.73. The second kappa shape index (κ2) is 11.6. The summed E-state index contributed by atoms with van der Waals surface area (Å²) in [6, 6.07) is 10.6. The molecule has 2 fully saturated rings. The topological polar surface area (TPSA) is 31.0 Å². The van der Waals surface area contributed by atoms with Gasteiger partial charge >= 0.3 is 0 Å². The van der Waals surface area contributed by atoms with Crippen molar-refractivity contribution in [1.82, 2.24) is 0 Å². The average molecular weight is 417 g/mol. The summed E-state index contributed by atoms with van der Waals surface area (Å²) < 4.78 is 18.2. The second-order valence-corrected chi connectivity index (χ2v) is 9.69. The summed E-state index contributed by atoms with van der Waals surface area (Å²) >= 11 is 0. The van der Waals surface area contributed by atoms with Gasteiger partial charge in [0.15, 0.2) is 5.79 Å². The number of unbranched alkanes of at least 4 members (excludes halogenated alkanes) is 5. The molecule has 1 aromatic rings. The number of ether oxygens (including phenoxy) is 3. The smallest absolute Gasteiger partial charge is 0.197 e. The molecule has 5 atom stereocenters. The maximum atomic E-state index is 6.20. The lowest BCUT2D eigenvalue weighted by molar-refractivity contribution is -0.255. The largest absolute Gasteiger partial charge is 0.370 e. The van der Waals surface area contributed by atoms with Gasteiger partial charge in [-0.3, -0.25) is 0 Å². The number of hydrogen-bond donors (Lipinski definition) is 0. The summed E-state index contributed by atoms with van der Waals surface area (Å²) in [5, 5.41) is 0. The van der Waals surface area contributed by atoms with Gasteiger partial charge < -0.3 is 14.2 Å². The number of hydrogen-bond acceptors (Lipinski definition) is 3. The number of fused-ring (bicyclic) bond motifs is 1. The summed E-state index contributed by atoms with van der Waals surface area (Å²) in [4.78, 5) is 0. The van der Waals surface area contributed by atoms with E-state index in [4.69, 9.17) is 14.2 Å². The molecule has 3 rings (SSSR count). The van der Waals surface area contributed by atoms with E-state index in [1.54, 1.807) is 0 Å². The van der Waals surface area contributed by atoms with Gasteiger partial charge in [0.1, 0.15) is 0 Å². The second-order valence-electron chi connectivity index (χ2n) is 9.69. The van der Waals surface area contributed by atoms with Crippen LogP contribution in [0.4, 0.5) is 0 Å². The highest BCUT2D eigenvalue weighted by Crippen LogP contribution is 2.46. The molecule has 30 heavy (non-hydrogen) atoms. The molecule has 170 valence electrons. The molecule has 1 aromatic carbocycles. The van der Waals surface area contributed by atoms with Gasteiger partial charge in [0.05, 0.1) is 12.2 Å². The molecule has 0 N–H and O–H groups in total. The Morgan fingerprint density at radius 3 is 2.33 bits per heavy atom. The van der Waals surface area contributed by atoms with Gasteiger partial charge in [-0.2, -0.15) is 0 Å². The molecule has 5 unspecified atom stereocenters. The number of rotatable bonds is 14. The van der Waals surface area contributed by atoms with Crippen LogP contribution in [0.5, 0.6) is 0 Å². The SMILES string of the molecule is CCCCCCCCC(CC(C)C1CCC2OC2C1)C(OC)(OC)c1ccccc1. The van der Waals surface area contributed by atoms with Crippen LogP contribution >= 0.6 is 0 Å². The average Bonchev–Trinajstić information content (AvgIpc) is 3.56. The van der Waals surface area contributed by atoms with E-state index in [0.717, 1.165) is 24.3 Å². The van der Waals surface area contributed by atoms with E-state index < -0.39 is 5.79 Å². The Morgan fingerprint density at radius 2 is 1.67 bits per heavy atom. The standard InChI is InChI=1S/C27H44O3/c1-5-6-7-8-9-11-16-24(19-21(2)22-17-18-25-26(20-22)30-25)27(28-3,29-4)23-14-12-10-13-15-23/h10,12-15,21-22,24-26H,5-9,11,16-20H2,1-4H3. The molecule has 0 bridgehead atoms. The number of epoxide rings is 1. The molecule has 1 aliphatic heterocycles. The first-order chi connectivity index (χ1) is 14.6. The molecule has 0 aromatic heterocycles. The van der Waals surface area contributed by atoms with Gasteiger partial charge in [-0.1, -0.05) is 82.7 Å². The first-order valence-corrected chi connectivity index (χ1v) is 12.5. The van der Waals surface area contributed by atoms with Crippen LogP contribution in [-0.2, 0) is 20.0 Å². The highest BCUT2D eigenvalue weighted by molar-refractivity contribution is 5.21. The Balaban J connectivity index is 1.69. The minimum absolute atomic E-state index is 0.355. The van der Waals surface area contributed by atoms with Gasteiger partial charge in [0, 0.05) is 25.7 Å².